The maximum Gasteiger partial charge on any atom is 0.337 e. The zero-order valence-corrected chi connectivity index (χ0v) is 13.0. The lowest BCUT2D eigenvalue weighted by molar-refractivity contribution is 0.0600. The highest BCUT2D eigenvalue weighted by molar-refractivity contribution is 6.04. The third-order valence-electron chi connectivity index (χ3n) is 3.44. The number of carbonyl (C=O) groups excluding carboxylic acids is 2. The molecule has 0 unspecified atom stereocenters. The van der Waals surface area contributed by atoms with Gasteiger partial charge in [-0.15, -0.1) is 0 Å². The number of carbonyl (C=O) groups is 2. The van der Waals surface area contributed by atoms with E-state index in [0.29, 0.717) is 16.8 Å². The van der Waals surface area contributed by atoms with Gasteiger partial charge in [0.1, 0.15) is 0 Å². The molecular weight excluding hydrogens is 306 g/mol. The van der Waals surface area contributed by atoms with Crippen LogP contribution in [-0.4, -0.2) is 28.8 Å². The van der Waals surface area contributed by atoms with Gasteiger partial charge in [-0.1, -0.05) is 6.07 Å². The number of ether oxygens (including phenoxy) is 1. The van der Waals surface area contributed by atoms with Crippen LogP contribution in [0.25, 0.3) is 5.69 Å². The Labute approximate surface area is 138 Å². The van der Waals surface area contributed by atoms with Crippen molar-refractivity contribution in [1.82, 2.24) is 9.78 Å². The second-order valence-corrected chi connectivity index (χ2v) is 5.02. The number of aromatic nitrogens is 2. The van der Waals surface area contributed by atoms with Gasteiger partial charge in [0.15, 0.2) is 0 Å². The van der Waals surface area contributed by atoms with Gasteiger partial charge in [-0.3, -0.25) is 4.79 Å². The van der Waals surface area contributed by atoms with Crippen LogP contribution in [-0.2, 0) is 4.74 Å². The van der Waals surface area contributed by atoms with Crippen LogP contribution >= 0.6 is 0 Å². The summed E-state index contributed by atoms with van der Waals surface area (Å²) in [5, 5.41) is 6.94. The summed E-state index contributed by atoms with van der Waals surface area (Å²) >= 11 is 0. The molecule has 0 aliphatic heterocycles. The number of esters is 1. The Balaban J connectivity index is 1.75. The predicted octanol–water partition coefficient (Wildman–Crippen LogP) is 2.91. The molecule has 2 aromatic carbocycles. The van der Waals surface area contributed by atoms with Crippen LogP contribution in [0.5, 0.6) is 0 Å². The van der Waals surface area contributed by atoms with Gasteiger partial charge in [0.25, 0.3) is 5.91 Å². The van der Waals surface area contributed by atoms with Gasteiger partial charge in [0.2, 0.25) is 0 Å². The van der Waals surface area contributed by atoms with Crippen molar-refractivity contribution in [1.29, 1.82) is 0 Å². The second kappa shape index (κ2) is 6.78. The molecule has 0 bridgehead atoms. The van der Waals surface area contributed by atoms with Crippen molar-refractivity contribution < 1.29 is 14.3 Å². The molecule has 0 saturated carbocycles. The summed E-state index contributed by atoms with van der Waals surface area (Å²) in [6.07, 6.45) is 3.48. The Kier molecular flexibility index (Phi) is 4.38. The number of anilines is 1. The molecular formula is C18H15N3O3. The van der Waals surface area contributed by atoms with E-state index in [0.717, 1.165) is 5.69 Å². The Hall–Kier alpha value is -3.41. The zero-order valence-electron chi connectivity index (χ0n) is 13.0. The molecule has 0 atom stereocenters. The van der Waals surface area contributed by atoms with E-state index in [1.807, 2.05) is 18.3 Å². The molecule has 6 nitrogen and oxygen atoms in total. The molecule has 24 heavy (non-hydrogen) atoms. The van der Waals surface area contributed by atoms with E-state index in [4.69, 9.17) is 0 Å². The van der Waals surface area contributed by atoms with Crippen LogP contribution < -0.4 is 5.32 Å². The van der Waals surface area contributed by atoms with E-state index < -0.39 is 5.97 Å². The first-order valence-corrected chi connectivity index (χ1v) is 7.27. The van der Waals surface area contributed by atoms with Gasteiger partial charge in [-0.05, 0) is 48.5 Å². The summed E-state index contributed by atoms with van der Waals surface area (Å²) in [4.78, 5) is 23.8. The van der Waals surface area contributed by atoms with Crippen molar-refractivity contribution in [3.8, 4) is 5.69 Å². The minimum Gasteiger partial charge on any atom is -0.465 e. The Morgan fingerprint density at radius 2 is 1.83 bits per heavy atom. The fourth-order valence-corrected chi connectivity index (χ4v) is 2.22. The van der Waals surface area contributed by atoms with Gasteiger partial charge in [-0.25, -0.2) is 9.48 Å². The van der Waals surface area contributed by atoms with Crippen molar-refractivity contribution >= 4 is 17.6 Å². The summed E-state index contributed by atoms with van der Waals surface area (Å²) in [5.41, 5.74) is 2.34. The van der Waals surface area contributed by atoms with Crippen LogP contribution in [0.4, 0.5) is 5.69 Å². The number of hydrogen-bond donors (Lipinski definition) is 1. The number of nitrogens with one attached hydrogen (secondary N) is 1. The SMILES string of the molecule is COC(=O)c1ccc(NC(=O)c2cccc(-n3cccn3)c2)cc1. The highest BCUT2D eigenvalue weighted by Gasteiger charge is 2.09. The monoisotopic (exact) mass is 321 g/mol. The lowest BCUT2D eigenvalue weighted by Gasteiger charge is -2.08. The number of rotatable bonds is 4. The van der Waals surface area contributed by atoms with E-state index in [1.54, 1.807) is 53.3 Å². The molecule has 1 aromatic heterocycles. The van der Waals surface area contributed by atoms with Gasteiger partial charge in [0.05, 0.1) is 18.4 Å². The average Bonchev–Trinajstić information content (AvgIpc) is 3.16. The third kappa shape index (κ3) is 3.33. The fourth-order valence-electron chi connectivity index (χ4n) is 2.22. The zero-order chi connectivity index (χ0) is 16.9. The number of amides is 1. The van der Waals surface area contributed by atoms with Gasteiger partial charge < -0.3 is 10.1 Å². The highest BCUT2D eigenvalue weighted by atomic mass is 16.5. The molecule has 6 heteroatoms. The maximum absolute atomic E-state index is 12.4. The van der Waals surface area contributed by atoms with Crippen molar-refractivity contribution in [2.24, 2.45) is 0 Å². The molecule has 1 amide bonds. The van der Waals surface area contributed by atoms with Crippen LogP contribution in [0.3, 0.4) is 0 Å². The molecule has 0 saturated heterocycles. The van der Waals surface area contributed by atoms with E-state index in [-0.39, 0.29) is 5.91 Å². The van der Waals surface area contributed by atoms with Gasteiger partial charge >= 0.3 is 5.97 Å². The average molecular weight is 321 g/mol. The molecule has 0 radical (unpaired) electrons. The molecule has 1 heterocycles. The topological polar surface area (TPSA) is 73.2 Å². The number of nitrogens with zero attached hydrogens (tertiary/aromatic N) is 2. The maximum atomic E-state index is 12.4. The second-order valence-electron chi connectivity index (χ2n) is 5.02. The minimum absolute atomic E-state index is 0.241. The van der Waals surface area contributed by atoms with E-state index in [1.165, 1.54) is 7.11 Å². The Morgan fingerprint density at radius 3 is 2.50 bits per heavy atom. The molecule has 120 valence electrons. The summed E-state index contributed by atoms with van der Waals surface area (Å²) < 4.78 is 6.32. The lowest BCUT2D eigenvalue weighted by atomic mass is 10.1. The number of hydrogen-bond acceptors (Lipinski definition) is 4. The minimum atomic E-state index is -0.417. The number of methoxy groups -OCH3 is 1. The van der Waals surface area contributed by atoms with Gasteiger partial charge in [-0.2, -0.15) is 5.10 Å². The van der Waals surface area contributed by atoms with Crippen molar-refractivity contribution in [2.75, 3.05) is 12.4 Å². The fraction of sp³-hybridized carbons (Fsp3) is 0.0556. The Morgan fingerprint density at radius 1 is 1.04 bits per heavy atom. The van der Waals surface area contributed by atoms with Crippen LogP contribution in [0.1, 0.15) is 20.7 Å². The highest BCUT2D eigenvalue weighted by Crippen LogP contribution is 2.14. The van der Waals surface area contributed by atoms with Crippen LogP contribution in [0.15, 0.2) is 67.0 Å². The lowest BCUT2D eigenvalue weighted by Crippen LogP contribution is -2.12. The summed E-state index contributed by atoms with van der Waals surface area (Å²) in [6, 6.07) is 15.5. The van der Waals surface area contributed by atoms with Crippen molar-refractivity contribution in [3.63, 3.8) is 0 Å². The standard InChI is InChI=1S/C18H15N3O3/c1-24-18(23)13-6-8-15(9-7-13)20-17(22)14-4-2-5-16(12-14)21-11-3-10-19-21/h2-12H,1H3,(H,20,22). The molecule has 0 spiro atoms. The molecule has 0 aliphatic carbocycles. The first-order valence-electron chi connectivity index (χ1n) is 7.27. The van der Waals surface area contributed by atoms with Crippen molar-refractivity contribution in [2.45, 2.75) is 0 Å². The quantitative estimate of drug-likeness (QED) is 0.750. The van der Waals surface area contributed by atoms with E-state index >= 15 is 0 Å². The normalized spacial score (nSPS) is 10.2. The number of benzene rings is 2. The molecule has 3 aromatic rings. The molecule has 0 fully saturated rings. The molecule has 0 aliphatic rings. The molecule has 1 N–H and O–H groups in total. The first-order chi connectivity index (χ1) is 11.7. The first kappa shape index (κ1) is 15.5. The molecule has 3 rings (SSSR count). The Bertz CT molecular complexity index is 855. The largest absolute Gasteiger partial charge is 0.465 e. The van der Waals surface area contributed by atoms with Crippen LogP contribution in [0, 0.1) is 0 Å². The van der Waals surface area contributed by atoms with Crippen molar-refractivity contribution in [3.05, 3.63) is 78.1 Å². The summed E-state index contributed by atoms with van der Waals surface area (Å²) in [7, 11) is 1.32. The van der Waals surface area contributed by atoms with E-state index in [9.17, 15) is 9.59 Å². The third-order valence-corrected chi connectivity index (χ3v) is 3.44. The summed E-state index contributed by atoms with van der Waals surface area (Å²) in [6.45, 7) is 0. The van der Waals surface area contributed by atoms with Gasteiger partial charge in [0, 0.05) is 23.6 Å². The van der Waals surface area contributed by atoms with E-state index in [2.05, 4.69) is 15.2 Å². The smallest absolute Gasteiger partial charge is 0.337 e. The predicted molar refractivity (Wildman–Crippen MR) is 89.3 cm³/mol. The van der Waals surface area contributed by atoms with Crippen LogP contribution in [0.2, 0.25) is 0 Å². The summed E-state index contributed by atoms with van der Waals surface area (Å²) in [5.74, 6) is -0.658.